The van der Waals surface area contributed by atoms with Crippen LogP contribution in [0.5, 0.6) is 0 Å². The first-order valence-electron chi connectivity index (χ1n) is 5.68. The number of anilines is 1. The number of fused-ring (bicyclic) bond motifs is 1. The van der Waals surface area contributed by atoms with Crippen molar-refractivity contribution in [2.24, 2.45) is 0 Å². The van der Waals surface area contributed by atoms with Gasteiger partial charge in [0.15, 0.2) is 0 Å². The van der Waals surface area contributed by atoms with Crippen LogP contribution < -0.4 is 5.32 Å². The van der Waals surface area contributed by atoms with Gasteiger partial charge in [-0.3, -0.25) is 0 Å². The van der Waals surface area contributed by atoms with Crippen LogP contribution >= 0.6 is 0 Å². The van der Waals surface area contributed by atoms with Crippen molar-refractivity contribution in [2.75, 3.05) is 11.9 Å². The number of rotatable bonds is 3. The van der Waals surface area contributed by atoms with Gasteiger partial charge in [0.1, 0.15) is 12.8 Å². The number of ether oxygens (including phenoxy) is 1. The first-order valence-corrected chi connectivity index (χ1v) is 5.68. The molecule has 1 heterocycles. The molecule has 18 heavy (non-hydrogen) atoms. The van der Waals surface area contributed by atoms with Gasteiger partial charge in [0.25, 0.3) is 0 Å². The number of hydrogen-bond donors (Lipinski definition) is 2. The average molecular weight is 251 g/mol. The lowest BCUT2D eigenvalue weighted by atomic mass is 9.95. The summed E-state index contributed by atoms with van der Waals surface area (Å²) in [7, 11) is 0. The molecule has 0 aromatic heterocycles. The van der Waals surface area contributed by atoms with Crippen molar-refractivity contribution in [3.63, 3.8) is 0 Å². The Hall–Kier alpha value is -1.88. The van der Waals surface area contributed by atoms with Gasteiger partial charge in [-0.1, -0.05) is 18.2 Å². The molecule has 0 saturated carbocycles. The SMILES string of the molecule is CCOC(=O)C1=CNc2c(CF)cccc2C1O. The zero-order valence-corrected chi connectivity index (χ0v) is 9.94. The summed E-state index contributed by atoms with van der Waals surface area (Å²) in [4.78, 5) is 11.6. The van der Waals surface area contributed by atoms with Gasteiger partial charge in [0, 0.05) is 17.3 Å². The van der Waals surface area contributed by atoms with E-state index >= 15 is 0 Å². The highest BCUT2D eigenvalue weighted by Crippen LogP contribution is 2.35. The van der Waals surface area contributed by atoms with E-state index in [1.807, 2.05) is 0 Å². The molecule has 0 saturated heterocycles. The largest absolute Gasteiger partial charge is 0.463 e. The Labute approximate surface area is 104 Å². The topological polar surface area (TPSA) is 58.6 Å². The molecule has 1 unspecified atom stereocenters. The lowest BCUT2D eigenvalue weighted by Gasteiger charge is -2.24. The van der Waals surface area contributed by atoms with E-state index in [9.17, 15) is 14.3 Å². The van der Waals surface area contributed by atoms with E-state index in [0.29, 0.717) is 16.8 Å². The van der Waals surface area contributed by atoms with Gasteiger partial charge in [-0.2, -0.15) is 0 Å². The van der Waals surface area contributed by atoms with Crippen molar-refractivity contribution in [3.05, 3.63) is 41.1 Å². The molecule has 5 heteroatoms. The van der Waals surface area contributed by atoms with Crippen molar-refractivity contribution in [2.45, 2.75) is 19.7 Å². The van der Waals surface area contributed by atoms with Crippen LogP contribution in [0.25, 0.3) is 0 Å². The van der Waals surface area contributed by atoms with Gasteiger partial charge in [0.2, 0.25) is 0 Å². The van der Waals surface area contributed by atoms with Gasteiger partial charge < -0.3 is 15.2 Å². The fraction of sp³-hybridized carbons (Fsp3) is 0.308. The quantitative estimate of drug-likeness (QED) is 0.807. The molecule has 96 valence electrons. The normalized spacial score (nSPS) is 17.5. The van der Waals surface area contributed by atoms with Crippen LogP contribution in [0.4, 0.5) is 10.1 Å². The maximum absolute atomic E-state index is 12.8. The molecule has 1 aromatic rings. The minimum absolute atomic E-state index is 0.125. The zero-order chi connectivity index (χ0) is 13.1. The van der Waals surface area contributed by atoms with Gasteiger partial charge in [-0.15, -0.1) is 0 Å². The van der Waals surface area contributed by atoms with Gasteiger partial charge >= 0.3 is 5.97 Å². The number of esters is 1. The molecule has 1 aliphatic rings. The molecule has 0 aliphatic carbocycles. The number of carbonyl (C=O) groups excluding carboxylic acids is 1. The molecule has 1 atom stereocenters. The van der Waals surface area contributed by atoms with Crippen molar-refractivity contribution in [3.8, 4) is 0 Å². The number of aliphatic hydroxyl groups is 1. The molecule has 0 amide bonds. The average Bonchev–Trinajstić information content (AvgIpc) is 2.39. The van der Waals surface area contributed by atoms with E-state index in [1.165, 1.54) is 6.20 Å². The summed E-state index contributed by atoms with van der Waals surface area (Å²) < 4.78 is 17.6. The van der Waals surface area contributed by atoms with Crippen LogP contribution in [0.2, 0.25) is 0 Å². The molecule has 2 N–H and O–H groups in total. The van der Waals surface area contributed by atoms with Crippen molar-refractivity contribution >= 4 is 11.7 Å². The number of carbonyl (C=O) groups is 1. The molecule has 0 fully saturated rings. The Morgan fingerprint density at radius 2 is 2.33 bits per heavy atom. The monoisotopic (exact) mass is 251 g/mol. The molecule has 1 aromatic carbocycles. The third-order valence-corrected chi connectivity index (χ3v) is 2.80. The molecule has 1 aliphatic heterocycles. The second-order valence-corrected chi connectivity index (χ2v) is 3.88. The number of halogens is 1. The summed E-state index contributed by atoms with van der Waals surface area (Å²) in [5.41, 5.74) is 1.57. The number of alkyl halides is 1. The Balaban J connectivity index is 2.35. The Morgan fingerprint density at radius 3 is 3.00 bits per heavy atom. The highest BCUT2D eigenvalue weighted by atomic mass is 19.1. The van der Waals surface area contributed by atoms with Crippen molar-refractivity contribution in [1.29, 1.82) is 0 Å². The fourth-order valence-corrected chi connectivity index (χ4v) is 1.92. The summed E-state index contributed by atoms with van der Waals surface area (Å²) in [6.07, 6.45) is 0.274. The van der Waals surface area contributed by atoms with Crippen LogP contribution in [-0.2, 0) is 16.2 Å². The Morgan fingerprint density at radius 1 is 1.56 bits per heavy atom. The smallest absolute Gasteiger partial charge is 0.338 e. The number of hydrogen-bond acceptors (Lipinski definition) is 4. The first kappa shape index (κ1) is 12.6. The number of para-hydroxylation sites is 1. The van der Waals surface area contributed by atoms with Gasteiger partial charge in [-0.05, 0) is 6.92 Å². The van der Waals surface area contributed by atoms with Gasteiger partial charge in [0.05, 0.1) is 17.9 Å². The summed E-state index contributed by atoms with van der Waals surface area (Å²) in [5.74, 6) is -0.575. The van der Waals surface area contributed by atoms with Crippen LogP contribution in [0.1, 0.15) is 24.2 Å². The third-order valence-electron chi connectivity index (χ3n) is 2.80. The molecular formula is C13H14FNO3. The molecule has 0 bridgehead atoms. The molecule has 4 nitrogen and oxygen atoms in total. The van der Waals surface area contributed by atoms with E-state index in [1.54, 1.807) is 25.1 Å². The van der Waals surface area contributed by atoms with E-state index in [2.05, 4.69) is 5.32 Å². The number of benzene rings is 1. The molecule has 0 radical (unpaired) electrons. The second-order valence-electron chi connectivity index (χ2n) is 3.88. The van der Waals surface area contributed by atoms with E-state index in [4.69, 9.17) is 4.74 Å². The molecule has 0 spiro atoms. The van der Waals surface area contributed by atoms with E-state index < -0.39 is 18.7 Å². The van der Waals surface area contributed by atoms with Crippen LogP contribution in [0.15, 0.2) is 30.0 Å². The summed E-state index contributed by atoms with van der Waals surface area (Å²) in [5, 5.41) is 12.9. The van der Waals surface area contributed by atoms with E-state index in [-0.39, 0.29) is 12.2 Å². The standard InChI is InChI=1S/C13H14FNO3/c1-2-18-13(17)10-7-15-11-8(6-14)4-3-5-9(11)12(10)16/h3-5,7,12,15-16H,2,6H2,1H3. The maximum Gasteiger partial charge on any atom is 0.338 e. The lowest BCUT2D eigenvalue weighted by molar-refractivity contribution is -0.139. The highest BCUT2D eigenvalue weighted by Gasteiger charge is 2.28. The maximum atomic E-state index is 12.8. The Kier molecular flexibility index (Phi) is 3.62. The lowest BCUT2D eigenvalue weighted by Crippen LogP contribution is -2.20. The Bertz CT molecular complexity index is 499. The van der Waals surface area contributed by atoms with E-state index in [0.717, 1.165) is 0 Å². The van der Waals surface area contributed by atoms with Crippen LogP contribution in [0.3, 0.4) is 0 Å². The fourth-order valence-electron chi connectivity index (χ4n) is 1.92. The van der Waals surface area contributed by atoms with Crippen molar-refractivity contribution in [1.82, 2.24) is 0 Å². The number of nitrogens with one attached hydrogen (secondary N) is 1. The highest BCUT2D eigenvalue weighted by molar-refractivity contribution is 5.92. The zero-order valence-electron chi connectivity index (χ0n) is 9.94. The minimum atomic E-state index is -1.09. The molecular weight excluding hydrogens is 237 g/mol. The molecule has 2 rings (SSSR count). The first-order chi connectivity index (χ1) is 8.69. The minimum Gasteiger partial charge on any atom is -0.463 e. The second kappa shape index (κ2) is 5.18. The summed E-state index contributed by atoms with van der Waals surface area (Å²) in [6.45, 7) is 1.29. The van der Waals surface area contributed by atoms with Crippen LogP contribution in [-0.4, -0.2) is 17.7 Å². The van der Waals surface area contributed by atoms with Gasteiger partial charge in [-0.25, -0.2) is 9.18 Å². The summed E-state index contributed by atoms with van der Waals surface area (Å²) in [6, 6.07) is 4.92. The van der Waals surface area contributed by atoms with Crippen molar-refractivity contribution < 1.29 is 19.0 Å². The number of aliphatic hydroxyl groups excluding tert-OH is 1. The summed E-state index contributed by atoms with van der Waals surface area (Å²) >= 11 is 0. The predicted molar refractivity (Wildman–Crippen MR) is 64.6 cm³/mol. The third kappa shape index (κ3) is 2.09. The van der Waals surface area contributed by atoms with Crippen LogP contribution in [0, 0.1) is 0 Å². The predicted octanol–water partition coefficient (Wildman–Crippen LogP) is 2.06.